The highest BCUT2D eigenvalue weighted by Crippen LogP contribution is 2.22. The Morgan fingerprint density at radius 2 is 1.71 bits per heavy atom. The van der Waals surface area contributed by atoms with Crippen LogP contribution in [-0.4, -0.2) is 22.0 Å². The first-order valence-corrected chi connectivity index (χ1v) is 7.78. The van der Waals surface area contributed by atoms with E-state index >= 15 is 0 Å². The van der Waals surface area contributed by atoms with E-state index in [0.717, 1.165) is 29.2 Å². The summed E-state index contributed by atoms with van der Waals surface area (Å²) in [5.74, 6) is 0. The number of benzene rings is 2. The van der Waals surface area contributed by atoms with E-state index in [-0.39, 0.29) is 6.61 Å². The van der Waals surface area contributed by atoms with Crippen LogP contribution in [0.5, 0.6) is 0 Å². The number of fused-ring (bicyclic) bond motifs is 1. The summed E-state index contributed by atoms with van der Waals surface area (Å²) in [4.78, 5) is 6.92. The lowest BCUT2D eigenvalue weighted by Gasteiger charge is -2.15. The van der Waals surface area contributed by atoms with Crippen LogP contribution in [0.15, 0.2) is 48.5 Å². The molecule has 0 radical (unpaired) electrons. The highest BCUT2D eigenvalue weighted by molar-refractivity contribution is 7.18. The molecular formula is C17H18N2OS. The van der Waals surface area contributed by atoms with E-state index < -0.39 is 0 Å². The molecule has 0 aliphatic carbocycles. The summed E-state index contributed by atoms with van der Waals surface area (Å²) in [5.41, 5.74) is 3.28. The van der Waals surface area contributed by atoms with Gasteiger partial charge in [-0.25, -0.2) is 4.98 Å². The van der Waals surface area contributed by atoms with Gasteiger partial charge < -0.3 is 5.11 Å². The third-order valence-electron chi connectivity index (χ3n) is 3.40. The monoisotopic (exact) mass is 298 g/mol. The van der Waals surface area contributed by atoms with Crippen molar-refractivity contribution in [2.75, 3.05) is 7.05 Å². The van der Waals surface area contributed by atoms with Gasteiger partial charge in [0.1, 0.15) is 5.01 Å². The molecule has 0 atom stereocenters. The Labute approximate surface area is 128 Å². The quantitative estimate of drug-likeness (QED) is 0.784. The molecule has 108 valence electrons. The lowest BCUT2D eigenvalue weighted by molar-refractivity contribution is 0.281. The van der Waals surface area contributed by atoms with Gasteiger partial charge >= 0.3 is 0 Å². The number of hydrogen-bond donors (Lipinski definition) is 1. The SMILES string of the molecule is CN(Cc1ccc(CO)cc1)Cc1nc2ccccc2s1. The summed E-state index contributed by atoms with van der Waals surface area (Å²) in [6.45, 7) is 1.82. The first kappa shape index (κ1) is 14.2. The second-order valence-corrected chi connectivity index (χ2v) is 6.34. The second-order valence-electron chi connectivity index (χ2n) is 5.22. The molecule has 2 aromatic carbocycles. The maximum atomic E-state index is 9.06. The number of para-hydroxylation sites is 1. The van der Waals surface area contributed by atoms with Gasteiger partial charge in [0, 0.05) is 6.54 Å². The van der Waals surface area contributed by atoms with Crippen LogP contribution in [0.25, 0.3) is 10.2 Å². The van der Waals surface area contributed by atoms with Crippen molar-refractivity contribution >= 4 is 21.6 Å². The molecule has 21 heavy (non-hydrogen) atoms. The van der Waals surface area contributed by atoms with Crippen molar-refractivity contribution in [3.8, 4) is 0 Å². The smallest absolute Gasteiger partial charge is 0.108 e. The van der Waals surface area contributed by atoms with E-state index in [1.54, 1.807) is 11.3 Å². The van der Waals surface area contributed by atoms with E-state index in [1.165, 1.54) is 10.3 Å². The van der Waals surface area contributed by atoms with Gasteiger partial charge in [0.15, 0.2) is 0 Å². The highest BCUT2D eigenvalue weighted by atomic mass is 32.1. The molecule has 0 saturated carbocycles. The molecule has 0 aliphatic rings. The van der Waals surface area contributed by atoms with Gasteiger partial charge in [-0.3, -0.25) is 4.90 Å². The predicted octanol–water partition coefficient (Wildman–Crippen LogP) is 3.42. The summed E-state index contributed by atoms with van der Waals surface area (Å²) < 4.78 is 1.24. The van der Waals surface area contributed by atoms with Crippen LogP contribution < -0.4 is 0 Å². The third kappa shape index (κ3) is 3.47. The molecular weight excluding hydrogens is 280 g/mol. The zero-order valence-electron chi connectivity index (χ0n) is 12.0. The molecule has 0 unspecified atom stereocenters. The van der Waals surface area contributed by atoms with Gasteiger partial charge in [0.05, 0.1) is 23.4 Å². The average Bonchev–Trinajstić information content (AvgIpc) is 2.90. The van der Waals surface area contributed by atoms with E-state index in [9.17, 15) is 0 Å². The minimum Gasteiger partial charge on any atom is -0.392 e. The van der Waals surface area contributed by atoms with Crippen molar-refractivity contribution in [2.24, 2.45) is 0 Å². The molecule has 3 nitrogen and oxygen atoms in total. The minimum absolute atomic E-state index is 0.0990. The van der Waals surface area contributed by atoms with E-state index in [1.807, 2.05) is 18.2 Å². The van der Waals surface area contributed by atoms with E-state index in [0.29, 0.717) is 0 Å². The fraction of sp³-hybridized carbons (Fsp3) is 0.235. The first-order chi connectivity index (χ1) is 10.2. The number of rotatable bonds is 5. The zero-order valence-corrected chi connectivity index (χ0v) is 12.8. The van der Waals surface area contributed by atoms with Crippen LogP contribution >= 0.6 is 11.3 Å². The molecule has 1 aromatic heterocycles. The average molecular weight is 298 g/mol. The van der Waals surface area contributed by atoms with Gasteiger partial charge in [-0.15, -0.1) is 11.3 Å². The Hall–Kier alpha value is -1.75. The zero-order chi connectivity index (χ0) is 14.7. The van der Waals surface area contributed by atoms with E-state index in [2.05, 4.69) is 47.3 Å². The van der Waals surface area contributed by atoms with Crippen molar-refractivity contribution in [3.63, 3.8) is 0 Å². The molecule has 0 saturated heterocycles. The Morgan fingerprint density at radius 1 is 1.00 bits per heavy atom. The van der Waals surface area contributed by atoms with Crippen molar-refractivity contribution in [1.29, 1.82) is 0 Å². The van der Waals surface area contributed by atoms with Crippen LogP contribution in [0.3, 0.4) is 0 Å². The summed E-state index contributed by atoms with van der Waals surface area (Å²) >= 11 is 1.76. The third-order valence-corrected chi connectivity index (χ3v) is 4.42. The highest BCUT2D eigenvalue weighted by Gasteiger charge is 2.07. The fourth-order valence-electron chi connectivity index (χ4n) is 2.34. The standard InChI is InChI=1S/C17H18N2OS/c1-19(10-13-6-8-14(12-20)9-7-13)11-17-18-15-4-2-3-5-16(15)21-17/h2-9,20H,10-12H2,1H3. The number of thiazole rings is 1. The molecule has 0 amide bonds. The van der Waals surface area contributed by atoms with Gasteiger partial charge in [0.2, 0.25) is 0 Å². The number of aromatic nitrogens is 1. The van der Waals surface area contributed by atoms with Crippen molar-refractivity contribution in [2.45, 2.75) is 19.7 Å². The molecule has 0 fully saturated rings. The normalized spacial score (nSPS) is 11.4. The van der Waals surface area contributed by atoms with Crippen molar-refractivity contribution < 1.29 is 5.11 Å². The largest absolute Gasteiger partial charge is 0.392 e. The maximum absolute atomic E-state index is 9.06. The number of hydrogen-bond acceptors (Lipinski definition) is 4. The Kier molecular flexibility index (Phi) is 4.29. The molecule has 0 spiro atoms. The molecule has 1 heterocycles. The Balaban J connectivity index is 1.66. The van der Waals surface area contributed by atoms with Crippen LogP contribution in [0, 0.1) is 0 Å². The minimum atomic E-state index is 0.0990. The van der Waals surface area contributed by atoms with Gasteiger partial charge in [-0.2, -0.15) is 0 Å². The molecule has 0 aliphatic heterocycles. The van der Waals surface area contributed by atoms with Crippen LogP contribution in [0.4, 0.5) is 0 Å². The predicted molar refractivity (Wildman–Crippen MR) is 87.2 cm³/mol. The van der Waals surface area contributed by atoms with Crippen molar-refractivity contribution in [1.82, 2.24) is 9.88 Å². The lowest BCUT2D eigenvalue weighted by Crippen LogP contribution is -2.17. The lowest BCUT2D eigenvalue weighted by atomic mass is 10.1. The van der Waals surface area contributed by atoms with Gasteiger partial charge in [-0.1, -0.05) is 36.4 Å². The van der Waals surface area contributed by atoms with Gasteiger partial charge in [0.25, 0.3) is 0 Å². The topological polar surface area (TPSA) is 36.4 Å². The van der Waals surface area contributed by atoms with Gasteiger partial charge in [-0.05, 0) is 30.3 Å². The molecule has 4 heteroatoms. The number of nitrogens with zero attached hydrogens (tertiary/aromatic N) is 2. The summed E-state index contributed by atoms with van der Waals surface area (Å²) in [6, 6.07) is 16.3. The summed E-state index contributed by atoms with van der Waals surface area (Å²) in [7, 11) is 2.10. The summed E-state index contributed by atoms with van der Waals surface area (Å²) in [5, 5.41) is 10.2. The number of aliphatic hydroxyl groups is 1. The Bertz CT molecular complexity index is 688. The fourth-order valence-corrected chi connectivity index (χ4v) is 3.38. The second kappa shape index (κ2) is 6.35. The Morgan fingerprint density at radius 3 is 2.43 bits per heavy atom. The first-order valence-electron chi connectivity index (χ1n) is 6.96. The van der Waals surface area contributed by atoms with Crippen LogP contribution in [0.2, 0.25) is 0 Å². The van der Waals surface area contributed by atoms with E-state index in [4.69, 9.17) is 5.11 Å². The van der Waals surface area contributed by atoms with Crippen LogP contribution in [-0.2, 0) is 19.7 Å². The van der Waals surface area contributed by atoms with Crippen LogP contribution in [0.1, 0.15) is 16.1 Å². The maximum Gasteiger partial charge on any atom is 0.108 e. The summed E-state index contributed by atoms with van der Waals surface area (Å²) in [6.07, 6.45) is 0. The van der Waals surface area contributed by atoms with Crippen molar-refractivity contribution in [3.05, 3.63) is 64.7 Å². The number of aliphatic hydroxyl groups excluding tert-OH is 1. The molecule has 0 bridgehead atoms. The molecule has 3 aromatic rings. The molecule has 3 rings (SSSR count). The molecule has 1 N–H and O–H groups in total.